The fraction of sp³-hybridized carbons (Fsp3) is 0.233. The summed E-state index contributed by atoms with van der Waals surface area (Å²) in [6.45, 7) is 14.3. The maximum Gasteiger partial charge on any atom is 0.0585 e. The van der Waals surface area contributed by atoms with Crippen molar-refractivity contribution in [1.29, 1.82) is 0 Å². The van der Waals surface area contributed by atoms with E-state index in [-0.39, 0.29) is 16.2 Å². The van der Waals surface area contributed by atoms with E-state index in [2.05, 4.69) is 165 Å². The normalized spacial score (nSPS) is 21.0. The molecule has 6 bridgehead atoms. The van der Waals surface area contributed by atoms with Crippen LogP contribution in [0.5, 0.6) is 0 Å². The Hall–Kier alpha value is -4.98. The van der Waals surface area contributed by atoms with Gasteiger partial charge in [-0.15, -0.1) is 5.73 Å². The van der Waals surface area contributed by atoms with Crippen LogP contribution in [0.3, 0.4) is 0 Å². The first-order valence-electron chi connectivity index (χ1n) is 16.6. The summed E-state index contributed by atoms with van der Waals surface area (Å²) in [4.78, 5) is 7.61. The molecular formula is C43H37N3. The minimum absolute atomic E-state index is 0.135. The molecule has 0 saturated heterocycles. The summed E-state index contributed by atoms with van der Waals surface area (Å²) in [6.07, 6.45) is 7.74. The molecule has 0 fully saturated rings. The second-order valence-electron chi connectivity index (χ2n) is 15.2. The highest BCUT2D eigenvalue weighted by Crippen LogP contribution is 2.60. The molecular weight excluding hydrogens is 558 g/mol. The molecule has 0 amide bonds. The fourth-order valence-corrected chi connectivity index (χ4v) is 9.34. The lowest BCUT2D eigenvalue weighted by molar-refractivity contribution is 0.515. The van der Waals surface area contributed by atoms with E-state index in [0.717, 1.165) is 6.42 Å². The average molecular weight is 596 g/mol. The standard InChI is InChI=1S/C43H37N3/c1-41(2)29-12-7-9-15-35(29)44-26-18-21-33-39(24-26)46(36-16-10-8-13-30(36)42(33,3)4)28-22-34-40(25-28)45(27-19-20-32(41)38(44)23-27)37-17-11-14-31(37)43(34,5)6/h7-13,15-21,23-25H,22H2,1-6H3. The number of rotatable bonds is 0. The zero-order chi connectivity index (χ0) is 31.3. The fourth-order valence-electron chi connectivity index (χ4n) is 9.34. The summed E-state index contributed by atoms with van der Waals surface area (Å²) in [5.74, 6) is 0. The van der Waals surface area contributed by atoms with Crippen molar-refractivity contribution in [3.63, 3.8) is 0 Å². The molecule has 0 spiro atoms. The van der Waals surface area contributed by atoms with Crippen LogP contribution in [0, 0.1) is 5.41 Å². The van der Waals surface area contributed by atoms with Gasteiger partial charge in [0.2, 0.25) is 0 Å². The quantitative estimate of drug-likeness (QED) is 0.187. The van der Waals surface area contributed by atoms with Gasteiger partial charge >= 0.3 is 0 Å². The van der Waals surface area contributed by atoms with Crippen molar-refractivity contribution in [1.82, 2.24) is 0 Å². The van der Waals surface area contributed by atoms with Crippen molar-refractivity contribution in [3.05, 3.63) is 159 Å². The molecule has 4 aliphatic heterocycles. The van der Waals surface area contributed by atoms with Crippen LogP contribution >= 0.6 is 0 Å². The number of hydrogen-bond acceptors (Lipinski definition) is 3. The van der Waals surface area contributed by atoms with Crippen molar-refractivity contribution in [2.24, 2.45) is 5.41 Å². The molecule has 2 aliphatic carbocycles. The molecule has 0 N–H and O–H groups in total. The van der Waals surface area contributed by atoms with Gasteiger partial charge in [0.05, 0.1) is 22.8 Å². The third-order valence-corrected chi connectivity index (χ3v) is 11.8. The molecule has 10 rings (SSSR count). The lowest BCUT2D eigenvalue weighted by Crippen LogP contribution is -2.35. The van der Waals surface area contributed by atoms with E-state index in [0.29, 0.717) is 0 Å². The molecule has 0 radical (unpaired) electrons. The number of allylic oxidation sites excluding steroid dienone is 4. The minimum atomic E-state index is -0.146. The van der Waals surface area contributed by atoms with Gasteiger partial charge in [-0.05, 0) is 82.5 Å². The zero-order valence-corrected chi connectivity index (χ0v) is 27.4. The number of anilines is 6. The smallest absolute Gasteiger partial charge is 0.0585 e. The highest BCUT2D eigenvalue weighted by atomic mass is 15.2. The van der Waals surface area contributed by atoms with Crippen LogP contribution in [0.25, 0.3) is 0 Å². The van der Waals surface area contributed by atoms with Gasteiger partial charge in [-0.2, -0.15) is 0 Å². The van der Waals surface area contributed by atoms with Crippen molar-refractivity contribution in [2.45, 2.75) is 58.8 Å². The molecule has 0 aromatic heterocycles. The van der Waals surface area contributed by atoms with Crippen molar-refractivity contribution in [3.8, 4) is 0 Å². The van der Waals surface area contributed by atoms with E-state index in [1.165, 1.54) is 84.6 Å². The molecule has 224 valence electrons. The molecule has 0 saturated carbocycles. The van der Waals surface area contributed by atoms with Gasteiger partial charge in [-0.1, -0.05) is 90.1 Å². The first-order valence-corrected chi connectivity index (χ1v) is 16.6. The van der Waals surface area contributed by atoms with Crippen LogP contribution in [0.15, 0.2) is 137 Å². The molecule has 4 heterocycles. The van der Waals surface area contributed by atoms with E-state index in [1.54, 1.807) is 0 Å². The van der Waals surface area contributed by atoms with Crippen LogP contribution in [0.2, 0.25) is 0 Å². The molecule has 6 aliphatic rings. The van der Waals surface area contributed by atoms with Crippen molar-refractivity contribution in [2.75, 3.05) is 14.7 Å². The predicted octanol–water partition coefficient (Wildman–Crippen LogP) is 11.0. The maximum atomic E-state index is 3.67. The first kappa shape index (κ1) is 26.3. The van der Waals surface area contributed by atoms with E-state index in [9.17, 15) is 0 Å². The van der Waals surface area contributed by atoms with Crippen LogP contribution in [0.4, 0.5) is 34.1 Å². The Kier molecular flexibility index (Phi) is 4.70. The Morgan fingerprint density at radius 1 is 0.565 bits per heavy atom. The summed E-state index contributed by atoms with van der Waals surface area (Å²) >= 11 is 0. The lowest BCUT2D eigenvalue weighted by atomic mass is 9.72. The van der Waals surface area contributed by atoms with Gasteiger partial charge in [0.1, 0.15) is 0 Å². The van der Waals surface area contributed by atoms with E-state index < -0.39 is 0 Å². The first-order chi connectivity index (χ1) is 22.1. The predicted molar refractivity (Wildman–Crippen MR) is 190 cm³/mol. The molecule has 4 aromatic rings. The van der Waals surface area contributed by atoms with Crippen molar-refractivity contribution >= 4 is 34.1 Å². The lowest BCUT2D eigenvalue weighted by Gasteiger charge is -2.45. The van der Waals surface area contributed by atoms with Gasteiger partial charge in [0, 0.05) is 56.7 Å². The molecule has 46 heavy (non-hydrogen) atoms. The molecule has 0 unspecified atom stereocenters. The van der Waals surface area contributed by atoms with Crippen molar-refractivity contribution < 1.29 is 0 Å². The Bertz CT molecular complexity index is 2260. The summed E-state index contributed by atoms with van der Waals surface area (Å²) in [7, 11) is 0. The highest BCUT2D eigenvalue weighted by Gasteiger charge is 2.47. The molecule has 4 aromatic carbocycles. The summed E-state index contributed by atoms with van der Waals surface area (Å²) < 4.78 is 0. The average Bonchev–Trinajstić information content (AvgIpc) is 3.71. The number of fused-ring (bicyclic) bond motifs is 11. The SMILES string of the molecule is CC1(C)C2=C=CC=C2N2C3=C1CC(=C3)N1c3ccccc3C(C)(C)c3ccc(cc31)N1c3ccccc3C(C)(C)c3ccc2cc31. The Morgan fingerprint density at radius 3 is 1.76 bits per heavy atom. The highest BCUT2D eigenvalue weighted by molar-refractivity contribution is 5.92. The van der Waals surface area contributed by atoms with Gasteiger partial charge in [-0.25, -0.2) is 0 Å². The number of nitrogens with zero attached hydrogens (tertiary/aromatic N) is 3. The van der Waals surface area contributed by atoms with Gasteiger partial charge in [-0.3, -0.25) is 0 Å². The third kappa shape index (κ3) is 3.00. The van der Waals surface area contributed by atoms with Gasteiger partial charge in [0.25, 0.3) is 0 Å². The Labute approximate surface area is 271 Å². The number of hydrogen-bond donors (Lipinski definition) is 0. The third-order valence-electron chi connectivity index (χ3n) is 11.8. The molecule has 3 nitrogen and oxygen atoms in total. The Morgan fingerprint density at radius 2 is 1.11 bits per heavy atom. The Balaban J connectivity index is 1.35. The van der Waals surface area contributed by atoms with Crippen LogP contribution in [-0.4, -0.2) is 0 Å². The topological polar surface area (TPSA) is 9.72 Å². The number of benzene rings is 4. The summed E-state index contributed by atoms with van der Waals surface area (Å²) in [5.41, 5.74) is 22.7. The van der Waals surface area contributed by atoms with E-state index in [4.69, 9.17) is 0 Å². The van der Waals surface area contributed by atoms with E-state index in [1.807, 2.05) is 0 Å². The minimum Gasteiger partial charge on any atom is -0.313 e. The second kappa shape index (κ2) is 8.23. The molecule has 3 heteroatoms. The number of para-hydroxylation sites is 2. The second-order valence-corrected chi connectivity index (χ2v) is 15.2. The monoisotopic (exact) mass is 595 g/mol. The van der Waals surface area contributed by atoms with Gasteiger partial charge < -0.3 is 14.7 Å². The van der Waals surface area contributed by atoms with E-state index >= 15 is 0 Å². The van der Waals surface area contributed by atoms with Crippen LogP contribution in [-0.2, 0) is 10.8 Å². The maximum absolute atomic E-state index is 3.67. The molecule has 0 atom stereocenters. The zero-order valence-electron chi connectivity index (χ0n) is 27.4. The van der Waals surface area contributed by atoms with Gasteiger partial charge in [0.15, 0.2) is 0 Å². The van der Waals surface area contributed by atoms with Crippen LogP contribution < -0.4 is 14.7 Å². The largest absolute Gasteiger partial charge is 0.313 e. The van der Waals surface area contributed by atoms with Crippen LogP contribution in [0.1, 0.15) is 70.2 Å². The summed E-state index contributed by atoms with van der Waals surface area (Å²) in [5, 5.41) is 0. The summed E-state index contributed by atoms with van der Waals surface area (Å²) in [6, 6.07) is 32.4.